The van der Waals surface area contributed by atoms with Crippen LogP contribution in [0.25, 0.3) is 0 Å². The fourth-order valence-electron chi connectivity index (χ4n) is 1.91. The molecular weight excluding hydrogens is 186 g/mol. The number of aliphatic hydroxyl groups excluding tert-OH is 1. The van der Waals surface area contributed by atoms with E-state index in [4.69, 9.17) is 10.4 Å². The Bertz CT molecular complexity index is 315. The Morgan fingerprint density at radius 2 is 2.00 bits per heavy atom. The summed E-state index contributed by atoms with van der Waals surface area (Å²) in [5, 5.41) is 18.1. The van der Waals surface area contributed by atoms with Crippen molar-refractivity contribution in [2.24, 2.45) is 5.92 Å². The third kappa shape index (κ3) is 3.07. The number of hydrogen-bond acceptors (Lipinski definition) is 2. The summed E-state index contributed by atoms with van der Waals surface area (Å²) >= 11 is 0. The quantitative estimate of drug-likeness (QED) is 0.799. The van der Waals surface area contributed by atoms with Crippen LogP contribution >= 0.6 is 0 Å². The highest BCUT2D eigenvalue weighted by Crippen LogP contribution is 2.29. The summed E-state index contributed by atoms with van der Waals surface area (Å²) in [6.07, 6.45) is 1.49. The summed E-state index contributed by atoms with van der Waals surface area (Å²) in [5.41, 5.74) is 1.15. The Labute approximate surface area is 91.2 Å². The van der Waals surface area contributed by atoms with E-state index in [1.165, 1.54) is 0 Å². The van der Waals surface area contributed by atoms with Crippen LogP contribution < -0.4 is 0 Å². The lowest BCUT2D eigenvalue weighted by Crippen LogP contribution is -2.12. The largest absolute Gasteiger partial charge is 0.396 e. The first-order valence-electron chi connectivity index (χ1n) is 5.38. The Morgan fingerprint density at radius 1 is 1.33 bits per heavy atom. The summed E-state index contributed by atoms with van der Waals surface area (Å²) in [4.78, 5) is 0. The van der Waals surface area contributed by atoms with Gasteiger partial charge >= 0.3 is 0 Å². The zero-order chi connectivity index (χ0) is 11.1. The van der Waals surface area contributed by atoms with Crippen LogP contribution in [-0.4, -0.2) is 11.7 Å². The van der Waals surface area contributed by atoms with Gasteiger partial charge in [-0.25, -0.2) is 0 Å². The van der Waals surface area contributed by atoms with Crippen LogP contribution in [0.4, 0.5) is 0 Å². The predicted molar refractivity (Wildman–Crippen MR) is 60.3 cm³/mol. The third-order valence-corrected chi connectivity index (χ3v) is 2.76. The number of benzene rings is 1. The van der Waals surface area contributed by atoms with Gasteiger partial charge in [-0.2, -0.15) is 5.26 Å². The maximum Gasteiger partial charge on any atom is 0.0662 e. The number of aliphatic hydroxyl groups is 1. The van der Waals surface area contributed by atoms with Gasteiger partial charge in [0.25, 0.3) is 0 Å². The van der Waals surface area contributed by atoms with Crippen molar-refractivity contribution in [1.29, 1.82) is 5.26 Å². The van der Waals surface area contributed by atoms with Gasteiger partial charge in [-0.3, -0.25) is 0 Å². The van der Waals surface area contributed by atoms with E-state index in [1.807, 2.05) is 37.3 Å². The van der Waals surface area contributed by atoms with Crippen LogP contribution in [0.1, 0.15) is 31.2 Å². The molecule has 0 heterocycles. The topological polar surface area (TPSA) is 44.0 Å². The molecule has 0 aliphatic heterocycles. The van der Waals surface area contributed by atoms with Gasteiger partial charge in [0.05, 0.1) is 12.0 Å². The van der Waals surface area contributed by atoms with Crippen molar-refractivity contribution < 1.29 is 5.11 Å². The molecule has 0 fully saturated rings. The van der Waals surface area contributed by atoms with Gasteiger partial charge in [-0.05, 0) is 18.4 Å². The van der Waals surface area contributed by atoms with Crippen LogP contribution in [-0.2, 0) is 0 Å². The molecule has 0 aromatic heterocycles. The Hall–Kier alpha value is -1.33. The van der Waals surface area contributed by atoms with E-state index in [0.717, 1.165) is 12.0 Å². The monoisotopic (exact) mass is 203 g/mol. The molecule has 1 aromatic carbocycles. The van der Waals surface area contributed by atoms with E-state index in [2.05, 4.69) is 6.07 Å². The number of nitrogens with zero attached hydrogens (tertiary/aromatic N) is 1. The van der Waals surface area contributed by atoms with Crippen molar-refractivity contribution in [3.05, 3.63) is 35.9 Å². The lowest BCUT2D eigenvalue weighted by Gasteiger charge is -2.20. The lowest BCUT2D eigenvalue weighted by molar-refractivity contribution is 0.263. The second-order valence-corrected chi connectivity index (χ2v) is 3.67. The van der Waals surface area contributed by atoms with Gasteiger partial charge in [0, 0.05) is 12.5 Å². The zero-order valence-corrected chi connectivity index (χ0v) is 9.06. The summed E-state index contributed by atoms with van der Waals surface area (Å²) in [7, 11) is 0. The second kappa shape index (κ2) is 6.21. The molecule has 2 heteroatoms. The van der Waals surface area contributed by atoms with Crippen molar-refractivity contribution in [2.45, 2.75) is 25.7 Å². The molecule has 0 spiro atoms. The number of hydrogen-bond donors (Lipinski definition) is 1. The Morgan fingerprint density at radius 3 is 2.47 bits per heavy atom. The molecule has 80 valence electrons. The summed E-state index contributed by atoms with van der Waals surface area (Å²) < 4.78 is 0. The van der Waals surface area contributed by atoms with E-state index in [-0.39, 0.29) is 18.4 Å². The predicted octanol–water partition coefficient (Wildman–Crippen LogP) is 2.70. The van der Waals surface area contributed by atoms with Gasteiger partial charge in [-0.15, -0.1) is 0 Å². The number of nitriles is 1. The van der Waals surface area contributed by atoms with Crippen molar-refractivity contribution in [3.63, 3.8) is 0 Å². The minimum Gasteiger partial charge on any atom is -0.396 e. The maximum atomic E-state index is 9.05. The second-order valence-electron chi connectivity index (χ2n) is 3.67. The van der Waals surface area contributed by atoms with Crippen LogP contribution in [0.3, 0.4) is 0 Å². The van der Waals surface area contributed by atoms with E-state index < -0.39 is 0 Å². The van der Waals surface area contributed by atoms with Crippen molar-refractivity contribution in [2.75, 3.05) is 6.61 Å². The van der Waals surface area contributed by atoms with Gasteiger partial charge < -0.3 is 5.11 Å². The molecule has 0 saturated heterocycles. The molecule has 1 aromatic rings. The van der Waals surface area contributed by atoms with Crippen LogP contribution in [0.2, 0.25) is 0 Å². The normalized spacial score (nSPS) is 14.2. The standard InChI is InChI=1S/C13H17NO/c1-2-11(10-14)13(8-9-15)12-6-4-3-5-7-12/h3-7,11,13,15H,2,8-9H2,1H3. The smallest absolute Gasteiger partial charge is 0.0662 e. The van der Waals surface area contributed by atoms with E-state index in [0.29, 0.717) is 6.42 Å². The first-order valence-corrected chi connectivity index (χ1v) is 5.38. The Balaban J connectivity index is 2.88. The van der Waals surface area contributed by atoms with Crippen LogP contribution in [0.5, 0.6) is 0 Å². The molecular formula is C13H17NO. The molecule has 0 amide bonds. The zero-order valence-electron chi connectivity index (χ0n) is 9.06. The fraction of sp³-hybridized carbons (Fsp3) is 0.462. The van der Waals surface area contributed by atoms with E-state index in [9.17, 15) is 0 Å². The van der Waals surface area contributed by atoms with E-state index in [1.54, 1.807) is 0 Å². The van der Waals surface area contributed by atoms with Crippen molar-refractivity contribution in [3.8, 4) is 6.07 Å². The van der Waals surface area contributed by atoms with Crippen molar-refractivity contribution >= 4 is 0 Å². The molecule has 2 nitrogen and oxygen atoms in total. The minimum atomic E-state index is -0.000417. The highest BCUT2D eigenvalue weighted by molar-refractivity contribution is 5.22. The molecule has 2 atom stereocenters. The van der Waals surface area contributed by atoms with Crippen LogP contribution in [0.15, 0.2) is 30.3 Å². The molecule has 1 N–H and O–H groups in total. The van der Waals surface area contributed by atoms with Crippen molar-refractivity contribution in [1.82, 2.24) is 0 Å². The van der Waals surface area contributed by atoms with E-state index >= 15 is 0 Å². The minimum absolute atomic E-state index is 0.000417. The van der Waals surface area contributed by atoms with Gasteiger partial charge in [-0.1, -0.05) is 37.3 Å². The van der Waals surface area contributed by atoms with Gasteiger partial charge in [0.2, 0.25) is 0 Å². The SMILES string of the molecule is CCC(C#N)C(CCO)c1ccccc1. The highest BCUT2D eigenvalue weighted by atomic mass is 16.3. The molecule has 0 bridgehead atoms. The maximum absolute atomic E-state index is 9.05. The molecule has 0 aliphatic carbocycles. The number of rotatable bonds is 5. The van der Waals surface area contributed by atoms with Gasteiger partial charge in [0.15, 0.2) is 0 Å². The molecule has 0 aliphatic rings. The average molecular weight is 203 g/mol. The highest BCUT2D eigenvalue weighted by Gasteiger charge is 2.20. The summed E-state index contributed by atoms with van der Waals surface area (Å²) in [6.45, 7) is 2.15. The lowest BCUT2D eigenvalue weighted by atomic mass is 9.83. The van der Waals surface area contributed by atoms with Crippen LogP contribution in [0, 0.1) is 17.2 Å². The molecule has 2 unspecified atom stereocenters. The first kappa shape index (κ1) is 11.7. The third-order valence-electron chi connectivity index (χ3n) is 2.76. The molecule has 0 radical (unpaired) electrons. The fourth-order valence-corrected chi connectivity index (χ4v) is 1.91. The first-order chi connectivity index (χ1) is 7.33. The summed E-state index contributed by atoms with van der Waals surface area (Å²) in [5.74, 6) is 0.158. The average Bonchev–Trinajstić information content (AvgIpc) is 2.30. The Kier molecular flexibility index (Phi) is 4.86. The van der Waals surface area contributed by atoms with Gasteiger partial charge in [0.1, 0.15) is 0 Å². The molecule has 15 heavy (non-hydrogen) atoms. The molecule has 1 rings (SSSR count). The molecule has 0 saturated carbocycles. The summed E-state index contributed by atoms with van der Waals surface area (Å²) in [6, 6.07) is 12.3.